The quantitative estimate of drug-likeness (QED) is 0.413. The van der Waals surface area contributed by atoms with Crippen molar-refractivity contribution >= 4 is 23.0 Å². The Hall–Kier alpha value is -4.06. The second kappa shape index (κ2) is 9.83. The van der Waals surface area contributed by atoms with Gasteiger partial charge >= 0.3 is 12.1 Å². The molecule has 0 saturated heterocycles. The summed E-state index contributed by atoms with van der Waals surface area (Å²) in [5.74, 6) is 0.248. The van der Waals surface area contributed by atoms with Crippen molar-refractivity contribution in [3.8, 4) is 11.3 Å². The number of alkyl carbamates (subject to hydrolysis) is 1. The van der Waals surface area contributed by atoms with Gasteiger partial charge in [-0.05, 0) is 29.3 Å². The Morgan fingerprint density at radius 1 is 0.906 bits per heavy atom. The van der Waals surface area contributed by atoms with Gasteiger partial charge in [0.25, 0.3) is 0 Å². The predicted octanol–water partition coefficient (Wildman–Crippen LogP) is 5.11. The lowest BCUT2D eigenvalue weighted by Crippen LogP contribution is -2.43. The first-order valence-electron chi connectivity index (χ1n) is 10.3. The van der Waals surface area contributed by atoms with Crippen molar-refractivity contribution in [3.63, 3.8) is 0 Å². The summed E-state index contributed by atoms with van der Waals surface area (Å²) in [5, 5.41) is 3.51. The number of furan rings is 1. The fourth-order valence-electron chi connectivity index (χ4n) is 3.45. The molecule has 0 bridgehead atoms. The molecule has 32 heavy (non-hydrogen) atoms. The van der Waals surface area contributed by atoms with E-state index in [1.54, 1.807) is 0 Å². The third-order valence-electron chi connectivity index (χ3n) is 5.07. The predicted molar refractivity (Wildman–Crippen MR) is 121 cm³/mol. The topological polar surface area (TPSA) is 77.8 Å². The Labute approximate surface area is 185 Å². The summed E-state index contributed by atoms with van der Waals surface area (Å²) in [6.07, 6.45) is -0.375. The third kappa shape index (κ3) is 5.16. The number of benzene rings is 3. The van der Waals surface area contributed by atoms with Crippen LogP contribution in [0.2, 0.25) is 0 Å². The smallest absolute Gasteiger partial charge is 0.408 e. The number of esters is 1. The van der Waals surface area contributed by atoms with Crippen molar-refractivity contribution in [2.24, 2.45) is 0 Å². The number of carbonyl (C=O) groups excluding carboxylic acids is 2. The van der Waals surface area contributed by atoms with Crippen molar-refractivity contribution in [1.29, 1.82) is 0 Å². The monoisotopic (exact) mass is 429 g/mol. The number of rotatable bonds is 7. The average molecular weight is 429 g/mol. The first-order valence-corrected chi connectivity index (χ1v) is 10.3. The van der Waals surface area contributed by atoms with Crippen LogP contribution in [-0.2, 0) is 27.3 Å². The molecule has 0 aliphatic heterocycles. The van der Waals surface area contributed by atoms with Crippen LogP contribution in [0, 0.1) is 0 Å². The van der Waals surface area contributed by atoms with Gasteiger partial charge in [0.1, 0.15) is 24.0 Å². The zero-order chi connectivity index (χ0) is 22.3. The summed E-state index contributed by atoms with van der Waals surface area (Å²) in [7, 11) is 1.29. The van der Waals surface area contributed by atoms with Gasteiger partial charge in [-0.3, -0.25) is 0 Å². The molecule has 6 heteroatoms. The van der Waals surface area contributed by atoms with Gasteiger partial charge in [0.2, 0.25) is 0 Å². The molecule has 1 amide bonds. The van der Waals surface area contributed by atoms with Crippen molar-refractivity contribution in [1.82, 2.24) is 5.32 Å². The van der Waals surface area contributed by atoms with E-state index in [2.05, 4.69) is 5.32 Å². The normalized spacial score (nSPS) is 11.7. The Morgan fingerprint density at radius 2 is 1.62 bits per heavy atom. The lowest BCUT2D eigenvalue weighted by molar-refractivity contribution is -0.143. The van der Waals surface area contributed by atoms with Crippen molar-refractivity contribution < 1.29 is 23.5 Å². The van der Waals surface area contributed by atoms with Gasteiger partial charge < -0.3 is 19.2 Å². The van der Waals surface area contributed by atoms with Crippen LogP contribution >= 0.6 is 0 Å². The van der Waals surface area contributed by atoms with E-state index in [1.165, 1.54) is 7.11 Å². The summed E-state index contributed by atoms with van der Waals surface area (Å²) in [6.45, 7) is 0.0624. The second-order valence-corrected chi connectivity index (χ2v) is 7.33. The van der Waals surface area contributed by atoms with Crippen LogP contribution in [0.3, 0.4) is 0 Å². The summed E-state index contributed by atoms with van der Waals surface area (Å²) < 4.78 is 16.1. The first-order chi connectivity index (χ1) is 15.6. The van der Waals surface area contributed by atoms with E-state index in [0.717, 1.165) is 33.4 Å². The molecule has 6 nitrogen and oxygen atoms in total. The number of hydrogen-bond donors (Lipinski definition) is 1. The van der Waals surface area contributed by atoms with Crippen LogP contribution in [0.1, 0.15) is 11.1 Å². The SMILES string of the molecule is COC(=O)[C@@H](Cc1ccccc1)NC(=O)OCc1ccc2oc(-c3ccccc3)cc2c1. The molecule has 0 unspecified atom stereocenters. The van der Waals surface area contributed by atoms with E-state index in [0.29, 0.717) is 6.42 Å². The Morgan fingerprint density at radius 3 is 2.34 bits per heavy atom. The minimum absolute atomic E-state index is 0.0624. The highest BCUT2D eigenvalue weighted by atomic mass is 16.6. The Balaban J connectivity index is 1.39. The number of fused-ring (bicyclic) bond motifs is 1. The van der Waals surface area contributed by atoms with Gasteiger partial charge in [-0.2, -0.15) is 0 Å². The summed E-state index contributed by atoms with van der Waals surface area (Å²) >= 11 is 0. The molecule has 1 aromatic heterocycles. The molecule has 4 aromatic rings. The van der Waals surface area contributed by atoms with E-state index in [1.807, 2.05) is 84.9 Å². The highest BCUT2D eigenvalue weighted by Gasteiger charge is 2.22. The van der Waals surface area contributed by atoms with E-state index in [9.17, 15) is 9.59 Å². The van der Waals surface area contributed by atoms with Crippen molar-refractivity contribution in [2.45, 2.75) is 19.1 Å². The molecule has 0 spiro atoms. The molecular weight excluding hydrogens is 406 g/mol. The van der Waals surface area contributed by atoms with Crippen LogP contribution < -0.4 is 5.32 Å². The molecule has 3 aromatic carbocycles. The molecule has 162 valence electrons. The van der Waals surface area contributed by atoms with E-state index < -0.39 is 18.1 Å². The van der Waals surface area contributed by atoms with E-state index >= 15 is 0 Å². The van der Waals surface area contributed by atoms with E-state index in [4.69, 9.17) is 13.9 Å². The van der Waals surface area contributed by atoms with Gasteiger partial charge in [0, 0.05) is 17.4 Å². The Kier molecular flexibility index (Phi) is 6.51. The van der Waals surface area contributed by atoms with Crippen molar-refractivity contribution in [2.75, 3.05) is 7.11 Å². The molecule has 4 rings (SSSR count). The lowest BCUT2D eigenvalue weighted by atomic mass is 10.1. The third-order valence-corrected chi connectivity index (χ3v) is 5.07. The standard InChI is InChI=1S/C26H23NO5/c1-30-25(28)22(15-18-8-4-2-5-9-18)27-26(29)31-17-19-12-13-23-21(14-19)16-24(32-23)20-10-6-3-7-11-20/h2-14,16,22H,15,17H2,1H3,(H,27,29)/t22-/m1/s1. The Bertz CT molecular complexity index is 1200. The minimum atomic E-state index is -0.834. The molecule has 0 saturated carbocycles. The molecule has 1 atom stereocenters. The number of methoxy groups -OCH3 is 1. The maximum atomic E-state index is 12.3. The van der Waals surface area contributed by atoms with E-state index in [-0.39, 0.29) is 6.61 Å². The highest BCUT2D eigenvalue weighted by molar-refractivity contribution is 5.84. The molecule has 0 aliphatic rings. The first kappa shape index (κ1) is 21.2. The van der Waals surface area contributed by atoms with Crippen LogP contribution in [0.4, 0.5) is 4.79 Å². The zero-order valence-corrected chi connectivity index (χ0v) is 17.6. The van der Waals surface area contributed by atoms with Crippen LogP contribution in [0.5, 0.6) is 0 Å². The van der Waals surface area contributed by atoms with Gasteiger partial charge in [-0.25, -0.2) is 9.59 Å². The molecule has 0 radical (unpaired) electrons. The van der Waals surface area contributed by atoms with Crippen molar-refractivity contribution in [3.05, 3.63) is 96.1 Å². The summed E-state index contributed by atoms with van der Waals surface area (Å²) in [5.41, 5.74) is 3.47. The molecule has 1 N–H and O–H groups in total. The summed E-state index contributed by atoms with van der Waals surface area (Å²) in [4.78, 5) is 24.4. The second-order valence-electron chi connectivity index (χ2n) is 7.33. The average Bonchev–Trinajstić information content (AvgIpc) is 3.26. The molecule has 1 heterocycles. The number of hydrogen-bond acceptors (Lipinski definition) is 5. The number of ether oxygens (including phenoxy) is 2. The van der Waals surface area contributed by atoms with Gasteiger partial charge in [0.15, 0.2) is 0 Å². The lowest BCUT2D eigenvalue weighted by Gasteiger charge is -2.16. The van der Waals surface area contributed by atoms with Gasteiger partial charge in [0.05, 0.1) is 7.11 Å². The molecule has 0 aliphatic carbocycles. The molecule has 0 fully saturated rings. The number of amides is 1. The highest BCUT2D eigenvalue weighted by Crippen LogP contribution is 2.28. The fourth-order valence-corrected chi connectivity index (χ4v) is 3.45. The number of carbonyl (C=O) groups is 2. The van der Waals surface area contributed by atoms with Gasteiger partial charge in [-0.15, -0.1) is 0 Å². The van der Waals surface area contributed by atoms with Crippen LogP contribution in [0.25, 0.3) is 22.3 Å². The number of nitrogens with one attached hydrogen (secondary N) is 1. The summed E-state index contributed by atoms with van der Waals surface area (Å²) in [6, 6.07) is 26.0. The maximum Gasteiger partial charge on any atom is 0.408 e. The minimum Gasteiger partial charge on any atom is -0.467 e. The molecular formula is C26H23NO5. The largest absolute Gasteiger partial charge is 0.467 e. The zero-order valence-electron chi connectivity index (χ0n) is 17.6. The van der Waals surface area contributed by atoms with Crippen LogP contribution in [-0.4, -0.2) is 25.2 Å². The van der Waals surface area contributed by atoms with Gasteiger partial charge in [-0.1, -0.05) is 66.7 Å². The fraction of sp³-hybridized carbons (Fsp3) is 0.154. The van der Waals surface area contributed by atoms with Crippen LogP contribution in [0.15, 0.2) is 89.3 Å². The maximum absolute atomic E-state index is 12.3.